The minimum absolute atomic E-state index is 0.328. The zero-order valence-electron chi connectivity index (χ0n) is 15.3. The van der Waals surface area contributed by atoms with E-state index in [2.05, 4.69) is 12.2 Å². The molecule has 5 heteroatoms. The molecule has 0 aliphatic rings. The van der Waals surface area contributed by atoms with Gasteiger partial charge in [0.1, 0.15) is 0 Å². The first kappa shape index (κ1) is 19.7. The lowest BCUT2D eigenvalue weighted by Crippen LogP contribution is -2.21. The molecular formula is C21H25NO4. The largest absolute Gasteiger partial charge is 0.452 e. The second-order valence-corrected chi connectivity index (χ2v) is 6.06. The van der Waals surface area contributed by atoms with E-state index in [0.717, 1.165) is 24.8 Å². The monoisotopic (exact) mass is 355 g/mol. The molecule has 0 bridgehead atoms. The van der Waals surface area contributed by atoms with Crippen LogP contribution < -0.4 is 5.32 Å². The number of hydrogen-bond donors (Lipinski definition) is 1. The molecule has 26 heavy (non-hydrogen) atoms. The maximum atomic E-state index is 12.1. The quantitative estimate of drug-likeness (QED) is 0.691. The van der Waals surface area contributed by atoms with Gasteiger partial charge in [-0.25, -0.2) is 4.79 Å². The summed E-state index contributed by atoms with van der Waals surface area (Å²) in [6.45, 7) is 2.24. The maximum Gasteiger partial charge on any atom is 0.338 e. The number of hydrogen-bond acceptors (Lipinski definition) is 4. The van der Waals surface area contributed by atoms with E-state index in [1.54, 1.807) is 25.3 Å². The second-order valence-electron chi connectivity index (χ2n) is 6.06. The van der Waals surface area contributed by atoms with E-state index >= 15 is 0 Å². The Labute approximate surface area is 154 Å². The summed E-state index contributed by atoms with van der Waals surface area (Å²) in [7, 11) is 1.59. The minimum atomic E-state index is -0.534. The number of amides is 1. The smallest absolute Gasteiger partial charge is 0.338 e. The Morgan fingerprint density at radius 3 is 2.50 bits per heavy atom. The topological polar surface area (TPSA) is 64.6 Å². The first-order chi connectivity index (χ1) is 12.6. The van der Waals surface area contributed by atoms with Crippen molar-refractivity contribution in [3.63, 3.8) is 0 Å². The third kappa shape index (κ3) is 6.33. The van der Waals surface area contributed by atoms with Crippen LogP contribution in [0.15, 0.2) is 48.5 Å². The Bertz CT molecular complexity index is 725. The summed E-state index contributed by atoms with van der Waals surface area (Å²) in [5.74, 6) is -0.902. The number of aryl methyl sites for hydroxylation is 1. The Kier molecular flexibility index (Phi) is 7.83. The Morgan fingerprint density at radius 2 is 1.81 bits per heavy atom. The van der Waals surface area contributed by atoms with Gasteiger partial charge in [0.25, 0.3) is 5.91 Å². The highest BCUT2D eigenvalue weighted by atomic mass is 16.5. The number of nitrogens with one attached hydrogen (secondary N) is 1. The van der Waals surface area contributed by atoms with Crippen molar-refractivity contribution in [2.75, 3.05) is 19.0 Å². The molecule has 1 N–H and O–H groups in total. The molecule has 0 unspecified atom stereocenters. The van der Waals surface area contributed by atoms with Crippen LogP contribution in [0.3, 0.4) is 0 Å². The van der Waals surface area contributed by atoms with Gasteiger partial charge in [0.2, 0.25) is 0 Å². The van der Waals surface area contributed by atoms with Gasteiger partial charge in [-0.2, -0.15) is 0 Å². The fraction of sp³-hybridized carbons (Fsp3) is 0.333. The van der Waals surface area contributed by atoms with Crippen molar-refractivity contribution < 1.29 is 19.1 Å². The molecule has 138 valence electrons. The number of ether oxygens (including phenoxy) is 2. The van der Waals surface area contributed by atoms with Crippen molar-refractivity contribution in [3.8, 4) is 0 Å². The van der Waals surface area contributed by atoms with Gasteiger partial charge in [-0.05, 0) is 48.2 Å². The van der Waals surface area contributed by atoms with E-state index in [4.69, 9.17) is 9.47 Å². The molecule has 0 heterocycles. The molecule has 2 rings (SSSR count). The van der Waals surface area contributed by atoms with Crippen LogP contribution in [-0.2, 0) is 27.3 Å². The van der Waals surface area contributed by atoms with Crippen molar-refractivity contribution in [1.29, 1.82) is 0 Å². The SMILES string of the molecule is CCCCc1ccc(NC(=O)COC(=O)c2cccc(COC)c2)cc1. The predicted molar refractivity (Wildman–Crippen MR) is 101 cm³/mol. The molecular weight excluding hydrogens is 330 g/mol. The minimum Gasteiger partial charge on any atom is -0.452 e. The highest BCUT2D eigenvalue weighted by Crippen LogP contribution is 2.12. The number of unbranched alkanes of at least 4 members (excludes halogenated alkanes) is 1. The molecule has 0 fully saturated rings. The third-order valence-corrected chi connectivity index (χ3v) is 3.86. The maximum absolute atomic E-state index is 12.1. The summed E-state index contributed by atoms with van der Waals surface area (Å²) in [6.07, 6.45) is 3.33. The average molecular weight is 355 g/mol. The van der Waals surface area contributed by atoms with E-state index in [1.165, 1.54) is 5.56 Å². The lowest BCUT2D eigenvalue weighted by molar-refractivity contribution is -0.119. The van der Waals surface area contributed by atoms with Crippen LogP contribution in [-0.4, -0.2) is 25.6 Å². The summed E-state index contributed by atoms with van der Waals surface area (Å²) in [6, 6.07) is 14.7. The van der Waals surface area contributed by atoms with Crippen molar-refractivity contribution in [1.82, 2.24) is 0 Å². The molecule has 1 amide bonds. The van der Waals surface area contributed by atoms with Gasteiger partial charge >= 0.3 is 5.97 Å². The van der Waals surface area contributed by atoms with E-state index in [9.17, 15) is 9.59 Å². The zero-order chi connectivity index (χ0) is 18.8. The van der Waals surface area contributed by atoms with Gasteiger partial charge in [-0.1, -0.05) is 37.6 Å². The van der Waals surface area contributed by atoms with Gasteiger partial charge in [0.15, 0.2) is 6.61 Å². The first-order valence-corrected chi connectivity index (χ1v) is 8.76. The van der Waals surface area contributed by atoms with Gasteiger partial charge < -0.3 is 14.8 Å². The van der Waals surface area contributed by atoms with Crippen LogP contribution in [0, 0.1) is 0 Å². The zero-order valence-corrected chi connectivity index (χ0v) is 15.3. The summed E-state index contributed by atoms with van der Waals surface area (Å²) in [5, 5.41) is 2.73. The molecule has 5 nitrogen and oxygen atoms in total. The summed E-state index contributed by atoms with van der Waals surface area (Å²) in [4.78, 5) is 24.0. The molecule has 2 aromatic rings. The van der Waals surface area contributed by atoms with Gasteiger partial charge in [-0.15, -0.1) is 0 Å². The number of carbonyl (C=O) groups is 2. The van der Waals surface area contributed by atoms with Crippen LogP contribution >= 0.6 is 0 Å². The van der Waals surface area contributed by atoms with E-state index in [-0.39, 0.29) is 12.5 Å². The number of anilines is 1. The van der Waals surface area contributed by atoms with Gasteiger partial charge in [0.05, 0.1) is 12.2 Å². The van der Waals surface area contributed by atoms with Crippen molar-refractivity contribution >= 4 is 17.6 Å². The standard InChI is InChI=1S/C21H25NO4/c1-3-4-6-16-9-11-19(12-10-16)22-20(23)15-26-21(24)18-8-5-7-17(13-18)14-25-2/h5,7-13H,3-4,6,14-15H2,1-2H3,(H,22,23). The Morgan fingerprint density at radius 1 is 1.04 bits per heavy atom. The fourth-order valence-electron chi connectivity index (χ4n) is 2.50. The van der Waals surface area contributed by atoms with Crippen LogP contribution in [0.5, 0.6) is 0 Å². The summed E-state index contributed by atoms with van der Waals surface area (Å²) < 4.78 is 10.1. The van der Waals surface area contributed by atoms with Crippen molar-refractivity contribution in [3.05, 3.63) is 65.2 Å². The molecule has 0 atom stereocenters. The normalized spacial score (nSPS) is 10.4. The van der Waals surface area contributed by atoms with Gasteiger partial charge in [-0.3, -0.25) is 4.79 Å². The second kappa shape index (κ2) is 10.4. The molecule has 0 saturated heterocycles. The molecule has 0 aromatic heterocycles. The van der Waals surface area contributed by atoms with Gasteiger partial charge in [0, 0.05) is 12.8 Å². The lowest BCUT2D eigenvalue weighted by Gasteiger charge is -2.08. The predicted octanol–water partition coefficient (Wildman–Crippen LogP) is 3.97. The average Bonchev–Trinajstić information content (AvgIpc) is 2.66. The number of methoxy groups -OCH3 is 1. The van der Waals surface area contributed by atoms with E-state index in [1.807, 2.05) is 30.3 Å². The highest BCUT2D eigenvalue weighted by Gasteiger charge is 2.11. The van der Waals surface area contributed by atoms with E-state index in [0.29, 0.717) is 17.9 Å². The van der Waals surface area contributed by atoms with Crippen LogP contribution in [0.1, 0.15) is 41.3 Å². The first-order valence-electron chi connectivity index (χ1n) is 8.76. The third-order valence-electron chi connectivity index (χ3n) is 3.86. The van der Waals surface area contributed by atoms with E-state index < -0.39 is 5.97 Å². The lowest BCUT2D eigenvalue weighted by atomic mass is 10.1. The van der Waals surface area contributed by atoms with Crippen LogP contribution in [0.2, 0.25) is 0 Å². The highest BCUT2D eigenvalue weighted by molar-refractivity contribution is 5.95. The summed E-state index contributed by atoms with van der Waals surface area (Å²) >= 11 is 0. The molecule has 0 spiro atoms. The van der Waals surface area contributed by atoms with Crippen molar-refractivity contribution in [2.24, 2.45) is 0 Å². The molecule has 2 aromatic carbocycles. The number of benzene rings is 2. The van der Waals surface area contributed by atoms with Crippen LogP contribution in [0.25, 0.3) is 0 Å². The number of rotatable bonds is 9. The van der Waals surface area contributed by atoms with Crippen molar-refractivity contribution in [2.45, 2.75) is 32.8 Å². The molecule has 0 aliphatic heterocycles. The Balaban J connectivity index is 1.82. The molecule has 0 aliphatic carbocycles. The number of esters is 1. The van der Waals surface area contributed by atoms with Crippen LogP contribution in [0.4, 0.5) is 5.69 Å². The fourth-order valence-corrected chi connectivity index (χ4v) is 2.50. The Hall–Kier alpha value is -2.66. The molecule has 0 radical (unpaired) electrons. The summed E-state index contributed by atoms with van der Waals surface area (Å²) in [5.41, 5.74) is 3.20. The number of carbonyl (C=O) groups excluding carboxylic acids is 2. The molecule has 0 saturated carbocycles.